The van der Waals surface area contributed by atoms with E-state index in [0.717, 1.165) is 30.7 Å². The lowest BCUT2D eigenvalue weighted by Gasteiger charge is -2.19. The standard InChI is InChI=1S/C21H25FN4O2/c1-3-25(4-2)13-14-26-18-11-7-6-10-17(18)23-21(26)24-20(27)15-28-19-12-8-5-9-16(19)22/h5-12H,3-4,13-15H2,1-2H3,(H,23,24,27). The number of nitrogens with one attached hydrogen (secondary N) is 1. The Kier molecular flexibility index (Phi) is 6.60. The van der Waals surface area contributed by atoms with Crippen LogP contribution in [0.15, 0.2) is 48.5 Å². The molecule has 0 radical (unpaired) electrons. The molecule has 0 aliphatic heterocycles. The molecule has 0 aliphatic carbocycles. The molecule has 0 aliphatic rings. The average molecular weight is 384 g/mol. The van der Waals surface area contributed by atoms with Crippen LogP contribution in [0.4, 0.5) is 10.3 Å². The Morgan fingerprint density at radius 1 is 1.14 bits per heavy atom. The van der Waals surface area contributed by atoms with Crippen molar-refractivity contribution in [2.24, 2.45) is 0 Å². The number of benzene rings is 2. The molecule has 0 spiro atoms. The molecule has 0 bridgehead atoms. The number of likely N-dealkylation sites (N-methyl/N-ethyl adjacent to an activating group) is 1. The molecule has 7 heteroatoms. The number of halogens is 1. The van der Waals surface area contributed by atoms with Gasteiger partial charge in [0.05, 0.1) is 11.0 Å². The number of hydrogen-bond acceptors (Lipinski definition) is 4. The van der Waals surface area contributed by atoms with Crippen LogP contribution in [0.5, 0.6) is 5.75 Å². The summed E-state index contributed by atoms with van der Waals surface area (Å²) >= 11 is 0. The summed E-state index contributed by atoms with van der Waals surface area (Å²) in [4.78, 5) is 19.2. The van der Waals surface area contributed by atoms with Gasteiger partial charge in [0.2, 0.25) is 5.95 Å². The summed E-state index contributed by atoms with van der Waals surface area (Å²) in [6, 6.07) is 13.8. The molecule has 0 fully saturated rings. The normalized spacial score (nSPS) is 11.1. The van der Waals surface area contributed by atoms with Crippen LogP contribution >= 0.6 is 0 Å². The average Bonchev–Trinajstić information content (AvgIpc) is 3.05. The number of rotatable bonds is 9. The molecule has 1 N–H and O–H groups in total. The van der Waals surface area contributed by atoms with Crippen molar-refractivity contribution < 1.29 is 13.9 Å². The van der Waals surface area contributed by atoms with Gasteiger partial charge in [0.25, 0.3) is 5.91 Å². The fourth-order valence-electron chi connectivity index (χ4n) is 3.04. The maximum absolute atomic E-state index is 13.6. The summed E-state index contributed by atoms with van der Waals surface area (Å²) in [6.07, 6.45) is 0. The fraction of sp³-hybridized carbons (Fsp3) is 0.333. The first-order valence-electron chi connectivity index (χ1n) is 9.47. The molecule has 0 saturated carbocycles. The van der Waals surface area contributed by atoms with Gasteiger partial charge >= 0.3 is 0 Å². The molecule has 0 unspecified atom stereocenters. The van der Waals surface area contributed by atoms with Crippen molar-refractivity contribution in [1.29, 1.82) is 0 Å². The molecule has 6 nitrogen and oxygen atoms in total. The second kappa shape index (κ2) is 9.32. The minimum Gasteiger partial charge on any atom is -0.481 e. The van der Waals surface area contributed by atoms with E-state index < -0.39 is 5.82 Å². The van der Waals surface area contributed by atoms with Crippen LogP contribution in [-0.2, 0) is 11.3 Å². The number of hydrogen-bond donors (Lipinski definition) is 1. The van der Waals surface area contributed by atoms with Gasteiger partial charge in [0.1, 0.15) is 0 Å². The molecule has 2 aromatic carbocycles. The summed E-state index contributed by atoms with van der Waals surface area (Å²) < 4.78 is 20.9. The van der Waals surface area contributed by atoms with Crippen molar-refractivity contribution in [3.05, 3.63) is 54.3 Å². The van der Waals surface area contributed by atoms with Crippen LogP contribution < -0.4 is 10.1 Å². The highest BCUT2D eigenvalue weighted by Crippen LogP contribution is 2.20. The number of amides is 1. The Bertz CT molecular complexity index is 937. The molecule has 3 aromatic rings. The molecule has 148 valence electrons. The van der Waals surface area contributed by atoms with Crippen LogP contribution in [0, 0.1) is 5.82 Å². The second-order valence-corrected chi connectivity index (χ2v) is 6.37. The van der Waals surface area contributed by atoms with E-state index in [1.807, 2.05) is 28.8 Å². The second-order valence-electron chi connectivity index (χ2n) is 6.37. The summed E-state index contributed by atoms with van der Waals surface area (Å²) in [7, 11) is 0. The van der Waals surface area contributed by atoms with E-state index in [0.29, 0.717) is 12.5 Å². The van der Waals surface area contributed by atoms with Gasteiger partial charge in [0.15, 0.2) is 18.2 Å². The third-order valence-corrected chi connectivity index (χ3v) is 4.64. The first-order valence-corrected chi connectivity index (χ1v) is 9.47. The van der Waals surface area contributed by atoms with Crippen molar-refractivity contribution in [2.75, 3.05) is 31.6 Å². The Morgan fingerprint density at radius 2 is 1.86 bits per heavy atom. The molecular formula is C21H25FN4O2. The first kappa shape index (κ1) is 19.8. The number of imidazole rings is 1. The molecule has 1 heterocycles. The number of fused-ring (bicyclic) bond motifs is 1. The predicted molar refractivity (Wildman–Crippen MR) is 108 cm³/mol. The smallest absolute Gasteiger partial charge is 0.264 e. The molecule has 0 atom stereocenters. The molecule has 3 rings (SSSR count). The minimum absolute atomic E-state index is 0.0488. The van der Waals surface area contributed by atoms with Crippen LogP contribution in [-0.4, -0.2) is 46.6 Å². The number of carbonyl (C=O) groups excluding carboxylic acids is 1. The van der Waals surface area contributed by atoms with Gasteiger partial charge in [-0.3, -0.25) is 10.1 Å². The first-order chi connectivity index (χ1) is 13.6. The van der Waals surface area contributed by atoms with Gasteiger partial charge in [-0.2, -0.15) is 0 Å². The van der Waals surface area contributed by atoms with E-state index in [-0.39, 0.29) is 18.3 Å². The zero-order valence-corrected chi connectivity index (χ0v) is 16.2. The predicted octanol–water partition coefficient (Wildman–Crippen LogP) is 3.53. The Morgan fingerprint density at radius 3 is 2.61 bits per heavy atom. The number of para-hydroxylation sites is 3. The van der Waals surface area contributed by atoms with E-state index >= 15 is 0 Å². The van der Waals surface area contributed by atoms with E-state index in [1.165, 1.54) is 12.1 Å². The highest BCUT2D eigenvalue weighted by atomic mass is 19.1. The summed E-state index contributed by atoms with van der Waals surface area (Å²) in [6.45, 7) is 7.42. The van der Waals surface area contributed by atoms with E-state index in [4.69, 9.17) is 4.74 Å². The van der Waals surface area contributed by atoms with E-state index in [9.17, 15) is 9.18 Å². The zero-order chi connectivity index (χ0) is 19.9. The number of carbonyl (C=O) groups is 1. The quantitative estimate of drug-likeness (QED) is 0.613. The number of ether oxygens (including phenoxy) is 1. The fourth-order valence-corrected chi connectivity index (χ4v) is 3.04. The monoisotopic (exact) mass is 384 g/mol. The van der Waals surface area contributed by atoms with Crippen molar-refractivity contribution in [3.63, 3.8) is 0 Å². The highest BCUT2D eigenvalue weighted by molar-refractivity contribution is 5.92. The van der Waals surface area contributed by atoms with Crippen molar-refractivity contribution in [2.45, 2.75) is 20.4 Å². The highest BCUT2D eigenvalue weighted by Gasteiger charge is 2.15. The SMILES string of the molecule is CCN(CC)CCn1c(NC(=O)COc2ccccc2F)nc2ccccc21. The summed E-state index contributed by atoms with van der Waals surface area (Å²) in [5.41, 5.74) is 1.77. The third kappa shape index (κ3) is 4.67. The minimum atomic E-state index is -0.498. The molecule has 1 amide bonds. The lowest BCUT2D eigenvalue weighted by Crippen LogP contribution is -2.28. The largest absolute Gasteiger partial charge is 0.481 e. The number of aromatic nitrogens is 2. The Labute approximate surface area is 163 Å². The Hall–Kier alpha value is -2.93. The van der Waals surface area contributed by atoms with Gasteiger partial charge in [-0.15, -0.1) is 0 Å². The topological polar surface area (TPSA) is 59.4 Å². The van der Waals surface area contributed by atoms with E-state index in [1.54, 1.807) is 12.1 Å². The molecule has 28 heavy (non-hydrogen) atoms. The van der Waals surface area contributed by atoms with Crippen LogP contribution in [0.1, 0.15) is 13.8 Å². The van der Waals surface area contributed by atoms with Crippen molar-refractivity contribution >= 4 is 22.9 Å². The van der Waals surface area contributed by atoms with Gasteiger partial charge in [-0.1, -0.05) is 38.1 Å². The van der Waals surface area contributed by atoms with Crippen molar-refractivity contribution in [3.8, 4) is 5.75 Å². The van der Waals surface area contributed by atoms with Crippen molar-refractivity contribution in [1.82, 2.24) is 14.5 Å². The van der Waals surface area contributed by atoms with Gasteiger partial charge in [-0.05, 0) is 37.4 Å². The number of nitrogens with zero attached hydrogens (tertiary/aromatic N) is 3. The zero-order valence-electron chi connectivity index (χ0n) is 16.2. The van der Waals surface area contributed by atoms with Gasteiger partial charge in [0, 0.05) is 13.1 Å². The summed E-state index contributed by atoms with van der Waals surface area (Å²) in [5.74, 6) is -0.368. The van der Waals surface area contributed by atoms with Crippen LogP contribution in [0.25, 0.3) is 11.0 Å². The molecule has 1 aromatic heterocycles. The maximum Gasteiger partial charge on any atom is 0.264 e. The van der Waals surface area contributed by atoms with Gasteiger partial charge in [-0.25, -0.2) is 9.37 Å². The third-order valence-electron chi connectivity index (χ3n) is 4.64. The molecule has 0 saturated heterocycles. The Balaban J connectivity index is 1.73. The number of anilines is 1. The van der Waals surface area contributed by atoms with E-state index in [2.05, 4.69) is 29.0 Å². The molecular weight excluding hydrogens is 359 g/mol. The van der Waals surface area contributed by atoms with Crippen LogP contribution in [0.2, 0.25) is 0 Å². The van der Waals surface area contributed by atoms with Crippen LogP contribution in [0.3, 0.4) is 0 Å². The van der Waals surface area contributed by atoms with Gasteiger partial charge < -0.3 is 14.2 Å². The lowest BCUT2D eigenvalue weighted by atomic mass is 10.3. The summed E-state index contributed by atoms with van der Waals surface area (Å²) in [5, 5.41) is 2.80. The lowest BCUT2D eigenvalue weighted by molar-refractivity contribution is -0.118. The maximum atomic E-state index is 13.6.